The van der Waals surface area contributed by atoms with Crippen molar-refractivity contribution < 1.29 is 4.79 Å². The number of carbonyl (C=O) groups is 1. The lowest BCUT2D eigenvalue weighted by molar-refractivity contribution is -0.111. The maximum atomic E-state index is 9.71. The third kappa shape index (κ3) is 1.49. The Kier molecular flexibility index (Phi) is 1.55. The average Bonchev–Trinajstić information content (AvgIpc) is 1.65. The lowest BCUT2D eigenvalue weighted by Crippen LogP contribution is -2.20. The largest absolute Gasteiger partial charge is 0.364 e. The topological polar surface area (TPSA) is 90.7 Å². The molecule has 7 heavy (non-hydrogen) atoms. The number of primary amides is 1. The van der Waals surface area contributed by atoms with E-state index in [9.17, 15) is 4.79 Å². The molecular weight excluding hydrogens is 94.1 g/mol. The molecule has 0 radical (unpaired) electrons. The van der Waals surface area contributed by atoms with Gasteiger partial charge in [0.1, 0.15) is 6.07 Å². The lowest BCUT2D eigenvalue weighted by Gasteiger charge is -1.76. The second-order valence-corrected chi connectivity index (χ2v) is 0.851. The van der Waals surface area contributed by atoms with Crippen molar-refractivity contribution in [1.29, 1.82) is 10.7 Å². The molecule has 0 saturated carbocycles. The summed E-state index contributed by atoms with van der Waals surface area (Å²) in [4.78, 5) is 9.71. The molecule has 0 saturated heterocycles. The van der Waals surface area contributed by atoms with Crippen molar-refractivity contribution in [3.8, 4) is 6.07 Å². The number of nitrogens with zero attached hydrogens (tertiary/aromatic N) is 1. The van der Waals surface area contributed by atoms with Crippen molar-refractivity contribution in [2.75, 3.05) is 0 Å². The number of nitriles is 1. The first-order valence-electron chi connectivity index (χ1n) is 1.47. The van der Waals surface area contributed by atoms with E-state index in [0.717, 1.165) is 0 Å². The molecule has 0 spiro atoms. The van der Waals surface area contributed by atoms with E-state index in [-0.39, 0.29) is 0 Å². The van der Waals surface area contributed by atoms with Gasteiger partial charge < -0.3 is 5.73 Å². The van der Waals surface area contributed by atoms with Gasteiger partial charge in [-0.15, -0.1) is 0 Å². The van der Waals surface area contributed by atoms with Crippen molar-refractivity contribution in [1.82, 2.24) is 0 Å². The van der Waals surface area contributed by atoms with Gasteiger partial charge in [0.25, 0.3) is 5.91 Å². The minimum Gasteiger partial charge on any atom is -0.364 e. The monoisotopic (exact) mass is 97.0 g/mol. The summed E-state index contributed by atoms with van der Waals surface area (Å²) in [5.41, 5.74) is 3.75. The number of hydrogen-bond acceptors (Lipinski definition) is 3. The van der Waals surface area contributed by atoms with Crippen LogP contribution in [0.4, 0.5) is 0 Å². The molecule has 1 amide bonds. The van der Waals surface area contributed by atoms with Gasteiger partial charge in [0.2, 0.25) is 0 Å². The summed E-state index contributed by atoms with van der Waals surface area (Å²) in [6, 6.07) is 1.27. The van der Waals surface area contributed by atoms with Crippen LogP contribution in [0.25, 0.3) is 0 Å². The van der Waals surface area contributed by atoms with E-state index in [4.69, 9.17) is 10.7 Å². The molecule has 0 fully saturated rings. The number of rotatable bonds is 1. The SMILES string of the molecule is N#CC(=N)C(N)=O. The lowest BCUT2D eigenvalue weighted by atomic mass is 10.4. The fourth-order valence-electron chi connectivity index (χ4n) is 0.0551. The van der Waals surface area contributed by atoms with Crippen LogP contribution in [0.1, 0.15) is 0 Å². The molecular formula is C3H3N3O. The van der Waals surface area contributed by atoms with Crippen LogP contribution in [0.3, 0.4) is 0 Å². The highest BCUT2D eigenvalue weighted by molar-refractivity contribution is 6.43. The van der Waals surface area contributed by atoms with E-state index >= 15 is 0 Å². The van der Waals surface area contributed by atoms with Gasteiger partial charge in [-0.05, 0) is 0 Å². The van der Waals surface area contributed by atoms with Gasteiger partial charge in [-0.2, -0.15) is 5.26 Å². The van der Waals surface area contributed by atoms with E-state index in [1.807, 2.05) is 0 Å². The summed E-state index contributed by atoms with van der Waals surface area (Å²) in [6.07, 6.45) is 0. The van der Waals surface area contributed by atoms with Crippen LogP contribution < -0.4 is 5.73 Å². The van der Waals surface area contributed by atoms with Gasteiger partial charge in [0, 0.05) is 0 Å². The highest BCUT2D eigenvalue weighted by Gasteiger charge is 1.97. The fourth-order valence-corrected chi connectivity index (χ4v) is 0.0551. The number of nitrogens with two attached hydrogens (primary N) is 1. The van der Waals surface area contributed by atoms with Gasteiger partial charge in [0.15, 0.2) is 5.71 Å². The van der Waals surface area contributed by atoms with Crippen LogP contribution in [-0.2, 0) is 4.79 Å². The number of carbonyl (C=O) groups excluding carboxylic acids is 1. The summed E-state index contributed by atoms with van der Waals surface area (Å²) < 4.78 is 0. The van der Waals surface area contributed by atoms with Crippen LogP contribution in [0, 0.1) is 16.7 Å². The van der Waals surface area contributed by atoms with E-state index < -0.39 is 11.6 Å². The first-order chi connectivity index (χ1) is 3.18. The van der Waals surface area contributed by atoms with E-state index in [0.29, 0.717) is 0 Å². The Morgan fingerprint density at radius 2 is 2.29 bits per heavy atom. The van der Waals surface area contributed by atoms with E-state index in [2.05, 4.69) is 5.73 Å². The number of nitrogens with one attached hydrogen (secondary N) is 1. The van der Waals surface area contributed by atoms with Crippen molar-refractivity contribution in [3.63, 3.8) is 0 Å². The third-order valence-electron chi connectivity index (χ3n) is 0.358. The van der Waals surface area contributed by atoms with Crippen LogP contribution in [0.5, 0.6) is 0 Å². The minimum absolute atomic E-state index is 0.708. The molecule has 0 aliphatic carbocycles. The van der Waals surface area contributed by atoms with Crippen molar-refractivity contribution in [2.24, 2.45) is 5.73 Å². The minimum atomic E-state index is -0.984. The maximum absolute atomic E-state index is 9.71. The average molecular weight is 97.1 g/mol. The molecule has 3 N–H and O–H groups in total. The number of amides is 1. The third-order valence-corrected chi connectivity index (χ3v) is 0.358. The van der Waals surface area contributed by atoms with Crippen molar-refractivity contribution in [2.45, 2.75) is 0 Å². The van der Waals surface area contributed by atoms with Gasteiger partial charge in [-0.3, -0.25) is 10.2 Å². The molecule has 36 valence electrons. The second kappa shape index (κ2) is 1.92. The molecule has 0 rings (SSSR count). The Morgan fingerprint density at radius 1 is 1.86 bits per heavy atom. The van der Waals surface area contributed by atoms with Crippen LogP contribution in [0.2, 0.25) is 0 Å². The Balaban J connectivity index is 3.90. The summed E-state index contributed by atoms with van der Waals surface area (Å²) in [5, 5.41) is 14.1. The normalized spacial score (nSPS) is 6.71. The smallest absolute Gasteiger partial charge is 0.277 e. The maximum Gasteiger partial charge on any atom is 0.277 e. The molecule has 4 nitrogen and oxygen atoms in total. The first-order valence-corrected chi connectivity index (χ1v) is 1.47. The van der Waals surface area contributed by atoms with Gasteiger partial charge in [-0.25, -0.2) is 0 Å². The van der Waals surface area contributed by atoms with E-state index in [1.54, 1.807) is 0 Å². The molecule has 4 heteroatoms. The zero-order valence-electron chi connectivity index (χ0n) is 3.43. The Bertz CT molecular complexity index is 143. The molecule has 0 aromatic rings. The Labute approximate surface area is 40.0 Å². The second-order valence-electron chi connectivity index (χ2n) is 0.851. The molecule has 0 heterocycles. The Hall–Kier alpha value is -1.37. The predicted molar refractivity (Wildman–Crippen MR) is 22.5 cm³/mol. The highest BCUT2D eigenvalue weighted by atomic mass is 16.1. The van der Waals surface area contributed by atoms with Gasteiger partial charge >= 0.3 is 0 Å². The van der Waals surface area contributed by atoms with Gasteiger partial charge in [-0.1, -0.05) is 0 Å². The summed E-state index contributed by atoms with van der Waals surface area (Å²) in [5.74, 6) is -0.984. The highest BCUT2D eigenvalue weighted by Crippen LogP contribution is 1.60. The molecule has 0 aliphatic heterocycles. The van der Waals surface area contributed by atoms with Gasteiger partial charge in [0.05, 0.1) is 0 Å². The predicted octanol–water partition coefficient (Wildman–Crippen LogP) is -0.985. The Morgan fingerprint density at radius 3 is 2.29 bits per heavy atom. The molecule has 0 aliphatic rings. The summed E-state index contributed by atoms with van der Waals surface area (Å²) in [6.45, 7) is 0. The van der Waals surface area contributed by atoms with Crippen LogP contribution in [0.15, 0.2) is 0 Å². The standard InChI is InChI=1S/C3H3N3O/c4-1-2(5)3(6)7/h5H,(H2,6,7). The summed E-state index contributed by atoms with van der Waals surface area (Å²) in [7, 11) is 0. The van der Waals surface area contributed by atoms with Crippen LogP contribution >= 0.6 is 0 Å². The first kappa shape index (κ1) is 5.63. The molecule has 0 bridgehead atoms. The van der Waals surface area contributed by atoms with Crippen molar-refractivity contribution in [3.05, 3.63) is 0 Å². The molecule has 0 aromatic carbocycles. The van der Waals surface area contributed by atoms with Crippen molar-refractivity contribution >= 4 is 11.6 Å². The van der Waals surface area contributed by atoms with Crippen LogP contribution in [-0.4, -0.2) is 11.6 Å². The molecule has 0 aromatic heterocycles. The summed E-state index contributed by atoms with van der Waals surface area (Å²) >= 11 is 0. The zero-order valence-corrected chi connectivity index (χ0v) is 3.43. The molecule has 0 unspecified atom stereocenters. The number of hydrogen-bond donors (Lipinski definition) is 2. The fraction of sp³-hybridized carbons (Fsp3) is 0. The quantitative estimate of drug-likeness (QED) is 0.411. The van der Waals surface area contributed by atoms with E-state index in [1.165, 1.54) is 6.07 Å². The zero-order chi connectivity index (χ0) is 5.86. The molecule has 0 atom stereocenters.